The molecule has 0 aliphatic carbocycles. The van der Waals surface area contributed by atoms with Crippen molar-refractivity contribution in [3.05, 3.63) is 64.3 Å². The van der Waals surface area contributed by atoms with Gasteiger partial charge in [0.15, 0.2) is 5.82 Å². The summed E-state index contributed by atoms with van der Waals surface area (Å²) in [7, 11) is 1.59. The number of imidazole rings is 1. The highest BCUT2D eigenvalue weighted by Crippen LogP contribution is 2.18. The molecule has 0 fully saturated rings. The molecule has 0 saturated heterocycles. The average Bonchev–Trinajstić information content (AvgIpc) is 3.33. The molecular formula is C16H13FN8O2. The Morgan fingerprint density at radius 3 is 2.74 bits per heavy atom. The Hall–Kier alpha value is -3.89. The zero-order chi connectivity index (χ0) is 19.0. The topological polar surface area (TPSA) is 123 Å². The number of H-pyrrole nitrogens is 1. The Morgan fingerprint density at radius 1 is 1.26 bits per heavy atom. The van der Waals surface area contributed by atoms with E-state index in [1.165, 1.54) is 27.3 Å². The zero-order valence-corrected chi connectivity index (χ0v) is 14.0. The van der Waals surface area contributed by atoms with Crippen molar-refractivity contribution >= 4 is 11.6 Å². The van der Waals surface area contributed by atoms with Crippen LogP contribution in [0.15, 0.2) is 41.5 Å². The zero-order valence-electron chi connectivity index (χ0n) is 14.0. The first kappa shape index (κ1) is 16.6. The molecule has 2 N–H and O–H groups in total. The van der Waals surface area contributed by atoms with Gasteiger partial charge in [-0.2, -0.15) is 5.21 Å². The van der Waals surface area contributed by atoms with Gasteiger partial charge in [0.25, 0.3) is 11.5 Å². The third kappa shape index (κ3) is 3.05. The number of amides is 1. The van der Waals surface area contributed by atoms with E-state index >= 15 is 0 Å². The summed E-state index contributed by atoms with van der Waals surface area (Å²) < 4.78 is 16.0. The van der Waals surface area contributed by atoms with Crippen LogP contribution >= 0.6 is 0 Å². The smallest absolute Gasteiger partial charge is 0.294 e. The quantitative estimate of drug-likeness (QED) is 0.533. The van der Waals surface area contributed by atoms with Crippen LogP contribution in [0.25, 0.3) is 16.9 Å². The van der Waals surface area contributed by atoms with Crippen LogP contribution in [0, 0.1) is 5.82 Å². The van der Waals surface area contributed by atoms with Gasteiger partial charge in [0.05, 0.1) is 12.2 Å². The molecule has 4 rings (SSSR count). The first-order chi connectivity index (χ1) is 13.0. The molecule has 1 aromatic carbocycles. The molecule has 10 nitrogen and oxygen atoms in total. The maximum absolute atomic E-state index is 13.2. The van der Waals surface area contributed by atoms with Crippen molar-refractivity contribution in [1.82, 2.24) is 39.9 Å². The van der Waals surface area contributed by atoms with E-state index in [1.807, 2.05) is 0 Å². The summed E-state index contributed by atoms with van der Waals surface area (Å²) in [5, 5.41) is 15.7. The van der Waals surface area contributed by atoms with Crippen LogP contribution in [0.5, 0.6) is 0 Å². The summed E-state index contributed by atoms with van der Waals surface area (Å²) in [6.45, 7) is 0.0715. The number of carbonyl (C=O) groups excluding carboxylic acids is 1. The monoisotopic (exact) mass is 368 g/mol. The van der Waals surface area contributed by atoms with E-state index in [0.29, 0.717) is 17.1 Å². The fraction of sp³-hybridized carbons (Fsp3) is 0.125. The second-order valence-electron chi connectivity index (χ2n) is 5.75. The largest absolute Gasteiger partial charge is 0.343 e. The van der Waals surface area contributed by atoms with Gasteiger partial charge >= 0.3 is 0 Å². The minimum Gasteiger partial charge on any atom is -0.343 e. The molecule has 0 spiro atoms. The van der Waals surface area contributed by atoms with Crippen LogP contribution in [0.4, 0.5) is 4.39 Å². The minimum absolute atomic E-state index is 0.0715. The van der Waals surface area contributed by atoms with E-state index in [-0.39, 0.29) is 29.3 Å². The van der Waals surface area contributed by atoms with Crippen molar-refractivity contribution in [2.75, 3.05) is 0 Å². The molecule has 3 aromatic heterocycles. The summed E-state index contributed by atoms with van der Waals surface area (Å²) in [6, 6.07) is 5.78. The van der Waals surface area contributed by atoms with Gasteiger partial charge in [0.1, 0.15) is 11.5 Å². The molecule has 1 amide bonds. The number of tetrazole rings is 1. The first-order valence-corrected chi connectivity index (χ1v) is 7.88. The van der Waals surface area contributed by atoms with Crippen LogP contribution in [-0.4, -0.2) is 40.5 Å². The molecule has 0 bridgehead atoms. The van der Waals surface area contributed by atoms with Gasteiger partial charge in [0, 0.05) is 19.4 Å². The molecule has 0 saturated carbocycles. The lowest BCUT2D eigenvalue weighted by Crippen LogP contribution is -2.24. The van der Waals surface area contributed by atoms with Crippen molar-refractivity contribution < 1.29 is 9.18 Å². The molecule has 27 heavy (non-hydrogen) atoms. The Bertz CT molecular complexity index is 1180. The van der Waals surface area contributed by atoms with Gasteiger partial charge in [-0.25, -0.2) is 9.37 Å². The number of nitrogens with zero attached hydrogens (tertiary/aromatic N) is 6. The van der Waals surface area contributed by atoms with Gasteiger partial charge in [-0.3, -0.25) is 14.0 Å². The van der Waals surface area contributed by atoms with Crippen LogP contribution in [0.1, 0.15) is 16.3 Å². The van der Waals surface area contributed by atoms with Gasteiger partial charge in [-0.15, -0.1) is 10.2 Å². The number of aromatic nitrogens is 7. The van der Waals surface area contributed by atoms with Gasteiger partial charge < -0.3 is 9.88 Å². The number of nitrogens with one attached hydrogen (secondary N) is 2. The van der Waals surface area contributed by atoms with Gasteiger partial charge in [-0.1, -0.05) is 5.21 Å². The Balaban J connectivity index is 1.69. The lowest BCUT2D eigenvalue weighted by Gasteiger charge is -2.09. The van der Waals surface area contributed by atoms with E-state index < -0.39 is 5.91 Å². The molecule has 0 aliphatic heterocycles. The van der Waals surface area contributed by atoms with Crippen molar-refractivity contribution in [3.63, 3.8) is 0 Å². The predicted molar refractivity (Wildman–Crippen MR) is 91.2 cm³/mol. The van der Waals surface area contributed by atoms with Crippen molar-refractivity contribution in [1.29, 1.82) is 0 Å². The number of hydrogen-bond acceptors (Lipinski definition) is 6. The SMILES string of the molecule is Cn1c(-c2ccc(F)cc2)cn2cc(C(=O)NCc3nn[nH]n3)nc2c1=O. The lowest BCUT2D eigenvalue weighted by molar-refractivity contribution is 0.0945. The number of hydrogen-bond donors (Lipinski definition) is 2. The number of carbonyl (C=O) groups is 1. The molecule has 0 radical (unpaired) electrons. The highest BCUT2D eigenvalue weighted by atomic mass is 19.1. The van der Waals surface area contributed by atoms with Crippen molar-refractivity contribution in [3.8, 4) is 11.3 Å². The molecule has 4 aromatic rings. The van der Waals surface area contributed by atoms with E-state index in [9.17, 15) is 14.0 Å². The van der Waals surface area contributed by atoms with Crippen LogP contribution in [-0.2, 0) is 13.6 Å². The minimum atomic E-state index is -0.478. The number of fused-ring (bicyclic) bond motifs is 1. The molecule has 0 aliphatic rings. The predicted octanol–water partition coefficient (Wildman–Crippen LogP) is 0.282. The molecule has 11 heteroatoms. The molecule has 0 unspecified atom stereocenters. The fourth-order valence-electron chi connectivity index (χ4n) is 2.63. The summed E-state index contributed by atoms with van der Waals surface area (Å²) in [5.74, 6) is -0.525. The molecule has 0 atom stereocenters. The number of rotatable bonds is 4. The second kappa shape index (κ2) is 6.44. The van der Waals surface area contributed by atoms with E-state index in [0.717, 1.165) is 0 Å². The molecule has 3 heterocycles. The lowest BCUT2D eigenvalue weighted by atomic mass is 10.1. The number of benzene rings is 1. The maximum Gasteiger partial charge on any atom is 0.294 e. The molecular weight excluding hydrogens is 355 g/mol. The van der Waals surface area contributed by atoms with E-state index in [2.05, 4.69) is 30.9 Å². The highest BCUT2D eigenvalue weighted by Gasteiger charge is 2.16. The first-order valence-electron chi connectivity index (χ1n) is 7.88. The second-order valence-corrected chi connectivity index (χ2v) is 5.75. The maximum atomic E-state index is 13.2. The third-order valence-corrected chi connectivity index (χ3v) is 4.02. The highest BCUT2D eigenvalue weighted by molar-refractivity contribution is 5.92. The molecule has 136 valence electrons. The van der Waals surface area contributed by atoms with E-state index in [4.69, 9.17) is 0 Å². The van der Waals surface area contributed by atoms with Crippen LogP contribution < -0.4 is 10.9 Å². The third-order valence-electron chi connectivity index (χ3n) is 4.02. The summed E-state index contributed by atoms with van der Waals surface area (Å²) >= 11 is 0. The van der Waals surface area contributed by atoms with Crippen molar-refractivity contribution in [2.24, 2.45) is 7.05 Å². The average molecular weight is 368 g/mol. The summed E-state index contributed by atoms with van der Waals surface area (Å²) in [6.07, 6.45) is 3.11. The standard InChI is InChI=1S/C16H13FN8O2/c1-24-12(9-2-4-10(17)5-3-9)8-25-7-11(19-14(25)16(24)27)15(26)18-6-13-20-22-23-21-13/h2-5,7-8H,6H2,1H3,(H,18,26)(H,20,21,22,23). The summed E-state index contributed by atoms with van der Waals surface area (Å²) in [5.41, 5.74) is 1.02. The Labute approximate surface area is 150 Å². The normalized spacial score (nSPS) is 11.0. The van der Waals surface area contributed by atoms with Gasteiger partial charge in [-0.05, 0) is 29.8 Å². The van der Waals surface area contributed by atoms with E-state index in [1.54, 1.807) is 25.4 Å². The Kier molecular flexibility index (Phi) is 3.95. The number of halogens is 1. The van der Waals surface area contributed by atoms with Gasteiger partial charge in [0.2, 0.25) is 5.65 Å². The van der Waals surface area contributed by atoms with Crippen LogP contribution in [0.3, 0.4) is 0 Å². The Morgan fingerprint density at radius 2 is 2.04 bits per heavy atom. The van der Waals surface area contributed by atoms with Crippen molar-refractivity contribution in [2.45, 2.75) is 6.54 Å². The fourth-order valence-corrected chi connectivity index (χ4v) is 2.63. The number of aromatic amines is 1. The summed E-state index contributed by atoms with van der Waals surface area (Å²) in [4.78, 5) is 29.0. The van der Waals surface area contributed by atoms with Crippen LogP contribution in [0.2, 0.25) is 0 Å².